The highest BCUT2D eigenvalue weighted by Crippen LogP contribution is 2.46. The van der Waals surface area contributed by atoms with Crippen molar-refractivity contribution in [3.8, 4) is 0 Å². The first-order valence-corrected chi connectivity index (χ1v) is 12.2. The Bertz CT molecular complexity index is 1310. The number of piperidine rings is 1. The summed E-state index contributed by atoms with van der Waals surface area (Å²) in [5.74, 6) is 0.121. The molecule has 9 heteroatoms. The molecule has 3 aromatic rings. The Morgan fingerprint density at radius 3 is 2.61 bits per heavy atom. The molecule has 3 amide bonds. The number of aromatic nitrogens is 2. The van der Waals surface area contributed by atoms with Crippen molar-refractivity contribution in [3.05, 3.63) is 59.9 Å². The SMILES string of the molecule is CC(C(=O)N1C[C@@H]2C(NC(=O)c3c[nH]c4ncccc34)[C@@H]2C1)c1cccc(NC(=O)OC(C)(C)C)c1. The van der Waals surface area contributed by atoms with E-state index < -0.39 is 11.7 Å². The average Bonchev–Trinajstić information content (AvgIpc) is 3.19. The van der Waals surface area contributed by atoms with E-state index in [1.807, 2.05) is 42.2 Å². The minimum Gasteiger partial charge on any atom is -0.444 e. The number of ether oxygens (including phenoxy) is 1. The molecule has 3 heterocycles. The maximum absolute atomic E-state index is 13.2. The van der Waals surface area contributed by atoms with E-state index >= 15 is 0 Å². The highest BCUT2D eigenvalue weighted by atomic mass is 16.6. The maximum atomic E-state index is 13.2. The van der Waals surface area contributed by atoms with Crippen LogP contribution in [-0.4, -0.2) is 57.5 Å². The smallest absolute Gasteiger partial charge is 0.412 e. The number of nitrogens with one attached hydrogen (secondary N) is 3. The quantitative estimate of drug-likeness (QED) is 0.503. The second-order valence-electron chi connectivity index (χ2n) is 10.6. The number of hydrogen-bond acceptors (Lipinski definition) is 5. The second-order valence-corrected chi connectivity index (χ2v) is 10.6. The molecule has 2 unspecified atom stereocenters. The lowest BCUT2D eigenvalue weighted by Crippen LogP contribution is -2.39. The summed E-state index contributed by atoms with van der Waals surface area (Å²) in [4.78, 5) is 47.3. The van der Waals surface area contributed by atoms with Gasteiger partial charge in [0, 0.05) is 54.4 Å². The summed E-state index contributed by atoms with van der Waals surface area (Å²) in [5, 5.41) is 6.67. The number of fused-ring (bicyclic) bond motifs is 2. The molecule has 1 aromatic carbocycles. The van der Waals surface area contributed by atoms with Gasteiger partial charge in [0.1, 0.15) is 11.2 Å². The number of nitrogens with zero attached hydrogens (tertiary/aromatic N) is 2. The van der Waals surface area contributed by atoms with Crippen LogP contribution in [0.25, 0.3) is 11.0 Å². The molecule has 1 aliphatic carbocycles. The lowest BCUT2D eigenvalue weighted by molar-refractivity contribution is -0.131. The number of aromatic amines is 1. The van der Waals surface area contributed by atoms with Crippen molar-refractivity contribution in [1.29, 1.82) is 0 Å². The Morgan fingerprint density at radius 2 is 1.89 bits per heavy atom. The molecule has 2 fully saturated rings. The normalized spacial score (nSPS) is 21.6. The van der Waals surface area contributed by atoms with Gasteiger partial charge in [0.25, 0.3) is 5.91 Å². The van der Waals surface area contributed by atoms with Crippen molar-refractivity contribution in [2.45, 2.75) is 45.3 Å². The molecule has 1 aliphatic heterocycles. The number of pyridine rings is 1. The zero-order valence-corrected chi connectivity index (χ0v) is 20.9. The van der Waals surface area contributed by atoms with Crippen molar-refractivity contribution in [2.24, 2.45) is 11.8 Å². The van der Waals surface area contributed by atoms with Gasteiger partial charge in [0.15, 0.2) is 0 Å². The van der Waals surface area contributed by atoms with Crippen molar-refractivity contribution in [2.75, 3.05) is 18.4 Å². The Kier molecular flexibility index (Phi) is 5.94. The highest BCUT2D eigenvalue weighted by molar-refractivity contribution is 6.06. The summed E-state index contributed by atoms with van der Waals surface area (Å²) in [6, 6.07) is 11.1. The molecule has 0 radical (unpaired) electrons. The van der Waals surface area contributed by atoms with Gasteiger partial charge in [-0.15, -0.1) is 0 Å². The van der Waals surface area contributed by atoms with Crippen LogP contribution in [0.1, 0.15) is 49.5 Å². The van der Waals surface area contributed by atoms with Gasteiger partial charge in [0.05, 0.1) is 11.5 Å². The molecule has 9 nitrogen and oxygen atoms in total. The predicted octanol–water partition coefficient (Wildman–Crippen LogP) is 3.90. The van der Waals surface area contributed by atoms with E-state index in [2.05, 4.69) is 20.6 Å². The summed E-state index contributed by atoms with van der Waals surface area (Å²) in [5.41, 5.74) is 2.10. The molecular weight excluding hydrogens is 458 g/mol. The number of H-pyrrole nitrogens is 1. The molecule has 0 bridgehead atoms. The molecule has 188 valence electrons. The van der Waals surface area contributed by atoms with Gasteiger partial charge in [-0.2, -0.15) is 0 Å². The third-order valence-corrected chi connectivity index (χ3v) is 6.90. The first-order valence-electron chi connectivity index (χ1n) is 12.2. The van der Waals surface area contributed by atoms with Crippen LogP contribution in [0.3, 0.4) is 0 Å². The van der Waals surface area contributed by atoms with E-state index in [0.717, 1.165) is 10.9 Å². The van der Waals surface area contributed by atoms with E-state index in [4.69, 9.17) is 4.74 Å². The number of amides is 3. The van der Waals surface area contributed by atoms with Gasteiger partial charge >= 0.3 is 6.09 Å². The van der Waals surface area contributed by atoms with Crippen LogP contribution >= 0.6 is 0 Å². The van der Waals surface area contributed by atoms with E-state index in [0.29, 0.717) is 30.0 Å². The number of carbonyl (C=O) groups excluding carboxylic acids is 3. The number of rotatable bonds is 5. The monoisotopic (exact) mass is 489 g/mol. The van der Waals surface area contributed by atoms with Crippen molar-refractivity contribution in [1.82, 2.24) is 20.2 Å². The van der Waals surface area contributed by atoms with Crippen LogP contribution in [0.4, 0.5) is 10.5 Å². The summed E-state index contributed by atoms with van der Waals surface area (Å²) in [6.07, 6.45) is 2.84. The van der Waals surface area contributed by atoms with Crippen molar-refractivity contribution < 1.29 is 19.1 Å². The molecule has 1 saturated heterocycles. The zero-order chi connectivity index (χ0) is 25.6. The standard InChI is InChI=1S/C27H31N5O4/c1-15(16-7-5-8-17(11-16)30-26(35)36-27(2,3)4)25(34)32-13-20-21(14-32)22(20)31-24(33)19-12-29-23-18(19)9-6-10-28-23/h5-12,15,20-22H,13-14H2,1-4H3,(H,28,29)(H,30,35)(H,31,33)/t15?,20-,21+,22?. The molecule has 4 atom stereocenters. The van der Waals surface area contributed by atoms with E-state index in [1.54, 1.807) is 39.2 Å². The third kappa shape index (κ3) is 4.78. The van der Waals surface area contributed by atoms with Crippen LogP contribution in [0.5, 0.6) is 0 Å². The van der Waals surface area contributed by atoms with Gasteiger partial charge in [0.2, 0.25) is 5.91 Å². The van der Waals surface area contributed by atoms with Gasteiger partial charge < -0.3 is 19.9 Å². The Labute approximate surface area is 209 Å². The van der Waals surface area contributed by atoms with Crippen LogP contribution in [-0.2, 0) is 9.53 Å². The van der Waals surface area contributed by atoms with Crippen molar-refractivity contribution >= 4 is 34.6 Å². The topological polar surface area (TPSA) is 116 Å². The largest absolute Gasteiger partial charge is 0.444 e. The molecule has 2 aliphatic rings. The van der Waals surface area contributed by atoms with E-state index in [9.17, 15) is 14.4 Å². The van der Waals surface area contributed by atoms with Crippen LogP contribution in [0.15, 0.2) is 48.8 Å². The fraction of sp³-hybridized carbons (Fsp3) is 0.407. The van der Waals surface area contributed by atoms with Gasteiger partial charge in [-0.05, 0) is 57.5 Å². The van der Waals surface area contributed by atoms with Crippen LogP contribution < -0.4 is 10.6 Å². The molecule has 0 spiro atoms. The zero-order valence-electron chi connectivity index (χ0n) is 20.9. The molecular formula is C27H31N5O4. The summed E-state index contributed by atoms with van der Waals surface area (Å²) < 4.78 is 5.31. The Hall–Kier alpha value is -3.88. The molecule has 2 aromatic heterocycles. The lowest BCUT2D eigenvalue weighted by atomic mass is 9.99. The minimum atomic E-state index is -0.592. The minimum absolute atomic E-state index is 0.0457. The predicted molar refractivity (Wildman–Crippen MR) is 136 cm³/mol. The van der Waals surface area contributed by atoms with Gasteiger partial charge in [-0.1, -0.05) is 12.1 Å². The molecule has 1 saturated carbocycles. The Morgan fingerprint density at radius 1 is 1.14 bits per heavy atom. The number of likely N-dealkylation sites (tertiary alicyclic amines) is 1. The summed E-state index contributed by atoms with van der Waals surface area (Å²) in [7, 11) is 0. The van der Waals surface area contributed by atoms with E-state index in [-0.39, 0.29) is 35.6 Å². The number of hydrogen-bond donors (Lipinski definition) is 3. The molecule has 5 rings (SSSR count). The maximum Gasteiger partial charge on any atom is 0.412 e. The van der Waals surface area contributed by atoms with Crippen LogP contribution in [0.2, 0.25) is 0 Å². The molecule has 3 N–H and O–H groups in total. The van der Waals surface area contributed by atoms with Crippen LogP contribution in [0, 0.1) is 11.8 Å². The molecule has 36 heavy (non-hydrogen) atoms. The number of carbonyl (C=O) groups is 3. The lowest BCUT2D eigenvalue weighted by Gasteiger charge is -2.24. The fourth-order valence-electron chi connectivity index (χ4n) is 5.02. The van der Waals surface area contributed by atoms with Gasteiger partial charge in [-0.25, -0.2) is 9.78 Å². The number of anilines is 1. The van der Waals surface area contributed by atoms with E-state index in [1.165, 1.54) is 0 Å². The van der Waals surface area contributed by atoms with Crippen molar-refractivity contribution in [3.63, 3.8) is 0 Å². The average molecular weight is 490 g/mol. The van der Waals surface area contributed by atoms with Gasteiger partial charge in [-0.3, -0.25) is 14.9 Å². The second kappa shape index (κ2) is 8.96. The highest BCUT2D eigenvalue weighted by Gasteiger charge is 2.57. The number of benzene rings is 1. The Balaban J connectivity index is 1.16. The summed E-state index contributed by atoms with van der Waals surface area (Å²) in [6.45, 7) is 8.55. The third-order valence-electron chi connectivity index (χ3n) is 6.90. The first-order chi connectivity index (χ1) is 17.1. The first kappa shape index (κ1) is 23.8. The fourth-order valence-corrected chi connectivity index (χ4v) is 5.02. The summed E-state index contributed by atoms with van der Waals surface area (Å²) >= 11 is 0.